The van der Waals surface area contributed by atoms with Crippen LogP contribution in [0, 0.1) is 41.4 Å². The Morgan fingerprint density at radius 1 is 0.686 bits per heavy atom. The average Bonchev–Trinajstić information content (AvgIpc) is 3.53. The van der Waals surface area contributed by atoms with E-state index in [-0.39, 0.29) is 5.41 Å². The second-order valence-electron chi connectivity index (χ2n) is 11.2. The number of benzene rings is 2. The molecule has 2 fully saturated rings. The van der Waals surface area contributed by atoms with Crippen molar-refractivity contribution in [2.24, 2.45) is 41.4 Å². The summed E-state index contributed by atoms with van der Waals surface area (Å²) in [4.78, 5) is 0. The minimum atomic E-state index is -0.00117. The molecule has 0 amide bonds. The fourth-order valence-electron chi connectivity index (χ4n) is 8.46. The third kappa shape index (κ3) is 3.74. The lowest BCUT2D eigenvalue weighted by Crippen LogP contribution is -2.47. The first-order valence-corrected chi connectivity index (χ1v) is 13.8. The van der Waals surface area contributed by atoms with Crippen molar-refractivity contribution in [1.82, 2.24) is 0 Å². The van der Waals surface area contributed by atoms with Gasteiger partial charge in [0, 0.05) is 5.41 Å². The average molecular weight is 459 g/mol. The van der Waals surface area contributed by atoms with Gasteiger partial charge >= 0.3 is 0 Å². The third-order valence-electron chi connectivity index (χ3n) is 9.71. The summed E-state index contributed by atoms with van der Waals surface area (Å²) in [7, 11) is 0. The second kappa shape index (κ2) is 9.65. The number of fused-ring (bicyclic) bond motifs is 3. The van der Waals surface area contributed by atoms with E-state index < -0.39 is 0 Å². The molecule has 6 atom stereocenters. The Morgan fingerprint density at radius 3 is 1.71 bits per heavy atom. The second-order valence-corrected chi connectivity index (χ2v) is 11.2. The van der Waals surface area contributed by atoms with Crippen LogP contribution in [0.3, 0.4) is 0 Å². The fourth-order valence-corrected chi connectivity index (χ4v) is 8.46. The SMILES string of the molecule is C=CCCC1CCC(C(c2ccccc2)(c2ccccc2)C2C3C=CC=CC3C3C=CC=CC32)C1. The maximum atomic E-state index is 4.01. The molecule has 178 valence electrons. The van der Waals surface area contributed by atoms with Crippen molar-refractivity contribution < 1.29 is 0 Å². The van der Waals surface area contributed by atoms with Crippen LogP contribution in [-0.4, -0.2) is 0 Å². The fraction of sp³-hybridized carbons (Fsp3) is 0.371. The smallest absolute Gasteiger partial charge is 0.0270 e. The predicted octanol–water partition coefficient (Wildman–Crippen LogP) is 8.70. The molecular weight excluding hydrogens is 420 g/mol. The van der Waals surface area contributed by atoms with E-state index in [1.54, 1.807) is 0 Å². The van der Waals surface area contributed by atoms with E-state index >= 15 is 0 Å². The number of hydrogen-bond acceptors (Lipinski definition) is 0. The molecule has 0 bridgehead atoms. The quantitative estimate of drug-likeness (QED) is 0.364. The molecule has 2 aromatic rings. The largest absolute Gasteiger partial charge is 0.103 e. The van der Waals surface area contributed by atoms with E-state index in [1.165, 1.54) is 36.8 Å². The van der Waals surface area contributed by atoms with Gasteiger partial charge in [-0.25, -0.2) is 0 Å². The van der Waals surface area contributed by atoms with E-state index in [0.29, 0.717) is 35.5 Å². The lowest BCUT2D eigenvalue weighted by molar-refractivity contribution is 0.155. The summed E-state index contributed by atoms with van der Waals surface area (Å²) in [5.74, 6) is 4.26. The van der Waals surface area contributed by atoms with Crippen molar-refractivity contribution in [2.75, 3.05) is 0 Å². The van der Waals surface area contributed by atoms with E-state index in [4.69, 9.17) is 0 Å². The molecule has 0 saturated heterocycles. The molecule has 0 spiro atoms. The van der Waals surface area contributed by atoms with Gasteiger partial charge in [-0.2, -0.15) is 0 Å². The van der Waals surface area contributed by atoms with Gasteiger partial charge in [-0.15, -0.1) is 6.58 Å². The van der Waals surface area contributed by atoms with E-state index in [1.807, 2.05) is 0 Å². The highest BCUT2D eigenvalue weighted by Gasteiger charge is 2.60. The molecule has 2 aromatic carbocycles. The Morgan fingerprint density at radius 2 is 1.20 bits per heavy atom. The van der Waals surface area contributed by atoms with Crippen LogP contribution in [0.15, 0.2) is 122 Å². The molecule has 0 heterocycles. The Labute approximate surface area is 211 Å². The zero-order chi connectivity index (χ0) is 23.7. The molecule has 0 nitrogen and oxygen atoms in total. The Kier molecular flexibility index (Phi) is 6.23. The Hall–Kier alpha value is -2.86. The van der Waals surface area contributed by atoms with Gasteiger partial charge in [0.1, 0.15) is 0 Å². The van der Waals surface area contributed by atoms with Crippen LogP contribution >= 0.6 is 0 Å². The van der Waals surface area contributed by atoms with Crippen molar-refractivity contribution in [3.05, 3.63) is 133 Å². The van der Waals surface area contributed by atoms with Gasteiger partial charge < -0.3 is 0 Å². The first-order chi connectivity index (χ1) is 17.3. The molecule has 4 aliphatic rings. The molecular formula is C35H38. The lowest BCUT2D eigenvalue weighted by Gasteiger charge is -2.50. The topological polar surface area (TPSA) is 0 Å². The maximum Gasteiger partial charge on any atom is 0.0270 e. The summed E-state index contributed by atoms with van der Waals surface area (Å²) in [5.41, 5.74) is 3.05. The first kappa shape index (κ1) is 22.6. The molecule has 0 N–H and O–H groups in total. The predicted molar refractivity (Wildman–Crippen MR) is 148 cm³/mol. The molecule has 0 radical (unpaired) electrons. The molecule has 4 aliphatic carbocycles. The lowest BCUT2D eigenvalue weighted by atomic mass is 9.53. The van der Waals surface area contributed by atoms with Crippen molar-refractivity contribution in [3.63, 3.8) is 0 Å². The summed E-state index contributed by atoms with van der Waals surface area (Å²) in [5, 5.41) is 0. The summed E-state index contributed by atoms with van der Waals surface area (Å²) in [6.07, 6.45) is 27.9. The van der Waals surface area contributed by atoms with Gasteiger partial charge in [-0.05, 0) is 78.2 Å². The van der Waals surface area contributed by atoms with Crippen molar-refractivity contribution in [3.8, 4) is 0 Å². The molecule has 6 rings (SSSR count). The summed E-state index contributed by atoms with van der Waals surface area (Å²) < 4.78 is 0. The van der Waals surface area contributed by atoms with Crippen LogP contribution < -0.4 is 0 Å². The zero-order valence-electron chi connectivity index (χ0n) is 20.8. The standard InChI is InChI=1S/C35H38/c1-2-3-14-26-23-24-29(25-26)35(27-15-6-4-7-16-27,28-17-8-5-9-18-28)34-32-21-12-10-19-30(32)31-20-11-13-22-33(31)34/h2,4-13,15-22,26,29-34H,1,3,14,23-25H2. The van der Waals surface area contributed by atoms with Crippen molar-refractivity contribution in [1.29, 1.82) is 0 Å². The van der Waals surface area contributed by atoms with Gasteiger partial charge in [-0.3, -0.25) is 0 Å². The monoisotopic (exact) mass is 458 g/mol. The molecule has 0 aliphatic heterocycles. The van der Waals surface area contributed by atoms with E-state index in [2.05, 4.69) is 122 Å². The van der Waals surface area contributed by atoms with Crippen molar-refractivity contribution in [2.45, 2.75) is 37.5 Å². The number of allylic oxidation sites excluding steroid dienone is 9. The molecule has 0 heteroatoms. The van der Waals surface area contributed by atoms with Crippen LogP contribution in [0.4, 0.5) is 0 Å². The van der Waals surface area contributed by atoms with Gasteiger partial charge in [0.2, 0.25) is 0 Å². The van der Waals surface area contributed by atoms with Crippen LogP contribution in [0.2, 0.25) is 0 Å². The highest BCUT2D eigenvalue weighted by Crippen LogP contribution is 2.64. The Balaban J connectivity index is 1.57. The Bertz CT molecular complexity index is 1060. The minimum Gasteiger partial charge on any atom is -0.103 e. The normalized spacial score (nSPS) is 33.0. The molecule has 6 unspecified atom stereocenters. The first-order valence-electron chi connectivity index (χ1n) is 13.8. The zero-order valence-corrected chi connectivity index (χ0v) is 20.8. The minimum absolute atomic E-state index is 0.00117. The van der Waals surface area contributed by atoms with Crippen LogP contribution in [0.1, 0.15) is 43.2 Å². The molecule has 35 heavy (non-hydrogen) atoms. The van der Waals surface area contributed by atoms with Gasteiger partial charge in [0.05, 0.1) is 0 Å². The number of rotatable bonds is 7. The summed E-state index contributed by atoms with van der Waals surface area (Å²) >= 11 is 0. The van der Waals surface area contributed by atoms with Crippen LogP contribution in [0.5, 0.6) is 0 Å². The van der Waals surface area contributed by atoms with E-state index in [0.717, 1.165) is 12.3 Å². The third-order valence-corrected chi connectivity index (χ3v) is 9.71. The summed E-state index contributed by atoms with van der Waals surface area (Å²) in [6, 6.07) is 23.2. The van der Waals surface area contributed by atoms with Crippen molar-refractivity contribution >= 4 is 0 Å². The van der Waals surface area contributed by atoms with Gasteiger partial charge in [0.15, 0.2) is 0 Å². The van der Waals surface area contributed by atoms with Gasteiger partial charge in [-0.1, -0.05) is 122 Å². The highest BCUT2D eigenvalue weighted by molar-refractivity contribution is 5.46. The number of hydrogen-bond donors (Lipinski definition) is 0. The molecule has 0 aromatic heterocycles. The van der Waals surface area contributed by atoms with Crippen LogP contribution in [-0.2, 0) is 5.41 Å². The van der Waals surface area contributed by atoms with Gasteiger partial charge in [0.25, 0.3) is 0 Å². The van der Waals surface area contributed by atoms with Crippen LogP contribution in [0.25, 0.3) is 0 Å². The van der Waals surface area contributed by atoms with E-state index in [9.17, 15) is 0 Å². The molecule has 2 saturated carbocycles. The highest BCUT2D eigenvalue weighted by atomic mass is 14.6. The summed E-state index contributed by atoms with van der Waals surface area (Å²) in [6.45, 7) is 4.01. The maximum absolute atomic E-state index is 4.01.